The van der Waals surface area contributed by atoms with Gasteiger partial charge in [-0.3, -0.25) is 0 Å². The molecular formula is C22H22ClFN2O. The van der Waals surface area contributed by atoms with Gasteiger partial charge in [0, 0.05) is 24.0 Å². The molecule has 0 aliphatic carbocycles. The molecule has 0 radical (unpaired) electrons. The van der Waals surface area contributed by atoms with Crippen LogP contribution in [0.4, 0.5) is 10.2 Å². The SMILES string of the molecule is CC1CCN(c2ccc3cccc(OCc4c(F)cccc4Cl)c3n2)CC1. The maximum atomic E-state index is 14.0. The fourth-order valence-electron chi connectivity index (χ4n) is 3.46. The molecule has 5 heteroatoms. The highest BCUT2D eigenvalue weighted by molar-refractivity contribution is 6.31. The maximum absolute atomic E-state index is 14.0. The molecule has 2 aromatic carbocycles. The van der Waals surface area contributed by atoms with Gasteiger partial charge in [-0.2, -0.15) is 0 Å². The van der Waals surface area contributed by atoms with Crippen LogP contribution >= 0.6 is 11.6 Å². The van der Waals surface area contributed by atoms with Gasteiger partial charge in [-0.25, -0.2) is 9.37 Å². The highest BCUT2D eigenvalue weighted by atomic mass is 35.5. The molecule has 1 aromatic heterocycles. The van der Waals surface area contributed by atoms with E-state index in [1.165, 1.54) is 18.9 Å². The second kappa shape index (κ2) is 7.73. The minimum absolute atomic E-state index is 0.0672. The Morgan fingerprint density at radius 1 is 1.11 bits per heavy atom. The third-order valence-electron chi connectivity index (χ3n) is 5.21. The van der Waals surface area contributed by atoms with Gasteiger partial charge in [0.05, 0.1) is 5.02 Å². The molecule has 3 nitrogen and oxygen atoms in total. The minimum Gasteiger partial charge on any atom is -0.486 e. The normalized spacial score (nSPS) is 15.3. The summed E-state index contributed by atoms with van der Waals surface area (Å²) in [7, 11) is 0. The molecule has 140 valence electrons. The number of rotatable bonds is 4. The lowest BCUT2D eigenvalue weighted by molar-refractivity contribution is 0.303. The Morgan fingerprint density at radius 2 is 1.89 bits per heavy atom. The van der Waals surface area contributed by atoms with E-state index >= 15 is 0 Å². The molecule has 0 saturated carbocycles. The fraction of sp³-hybridized carbons (Fsp3) is 0.318. The average Bonchev–Trinajstić information content (AvgIpc) is 2.68. The monoisotopic (exact) mass is 384 g/mol. The number of ether oxygens (including phenoxy) is 1. The number of fused-ring (bicyclic) bond motifs is 1. The van der Waals surface area contributed by atoms with Crippen molar-refractivity contribution in [2.24, 2.45) is 5.92 Å². The molecule has 1 fully saturated rings. The van der Waals surface area contributed by atoms with Gasteiger partial charge >= 0.3 is 0 Å². The molecule has 0 N–H and O–H groups in total. The molecule has 27 heavy (non-hydrogen) atoms. The standard InChI is InChI=1S/C22H22ClFN2O/c1-15-10-12-26(13-11-15)21-9-8-16-4-2-7-20(22(16)25-21)27-14-17-18(23)5-3-6-19(17)24/h2-9,15H,10-14H2,1H3. The van der Waals surface area contributed by atoms with Crippen LogP contribution in [0.5, 0.6) is 5.75 Å². The maximum Gasteiger partial charge on any atom is 0.146 e. The first-order chi connectivity index (χ1) is 13.1. The van der Waals surface area contributed by atoms with Crippen LogP contribution in [-0.2, 0) is 6.61 Å². The Labute approximate surface area is 163 Å². The number of halogens is 2. The van der Waals surface area contributed by atoms with E-state index in [-0.39, 0.29) is 12.4 Å². The van der Waals surface area contributed by atoms with Gasteiger partial charge in [-0.15, -0.1) is 0 Å². The van der Waals surface area contributed by atoms with Crippen LogP contribution in [0, 0.1) is 11.7 Å². The zero-order valence-corrected chi connectivity index (χ0v) is 16.0. The van der Waals surface area contributed by atoms with E-state index < -0.39 is 0 Å². The van der Waals surface area contributed by atoms with Crippen LogP contribution in [0.2, 0.25) is 5.02 Å². The summed E-state index contributed by atoms with van der Waals surface area (Å²) in [5, 5.41) is 1.37. The van der Waals surface area contributed by atoms with E-state index in [1.54, 1.807) is 12.1 Å². The number of anilines is 1. The summed E-state index contributed by atoms with van der Waals surface area (Å²) in [4.78, 5) is 7.18. The number of nitrogens with zero attached hydrogens (tertiary/aromatic N) is 2. The molecule has 2 heterocycles. The van der Waals surface area contributed by atoms with Gasteiger partial charge in [-0.1, -0.05) is 36.7 Å². The highest BCUT2D eigenvalue weighted by Gasteiger charge is 2.18. The quantitative estimate of drug-likeness (QED) is 0.564. The molecule has 0 atom stereocenters. The second-order valence-corrected chi connectivity index (χ2v) is 7.56. The molecule has 0 bridgehead atoms. The molecule has 0 spiro atoms. The van der Waals surface area contributed by atoms with Crippen molar-refractivity contribution in [3.63, 3.8) is 0 Å². The number of benzene rings is 2. The first-order valence-corrected chi connectivity index (χ1v) is 9.70. The van der Waals surface area contributed by atoms with Crippen molar-refractivity contribution in [3.05, 3.63) is 64.9 Å². The van der Waals surface area contributed by atoms with Crippen LogP contribution in [0.1, 0.15) is 25.3 Å². The predicted octanol–water partition coefficient (Wildman–Crippen LogP) is 5.84. The third-order valence-corrected chi connectivity index (χ3v) is 5.56. The van der Waals surface area contributed by atoms with Gasteiger partial charge in [-0.05, 0) is 49.1 Å². The lowest BCUT2D eigenvalue weighted by Gasteiger charge is -2.31. The van der Waals surface area contributed by atoms with Gasteiger partial charge in [0.25, 0.3) is 0 Å². The van der Waals surface area contributed by atoms with Gasteiger partial charge in [0.15, 0.2) is 0 Å². The predicted molar refractivity (Wildman–Crippen MR) is 108 cm³/mol. The second-order valence-electron chi connectivity index (χ2n) is 7.16. The van der Waals surface area contributed by atoms with Crippen molar-refractivity contribution in [1.29, 1.82) is 0 Å². The van der Waals surface area contributed by atoms with Crippen LogP contribution in [0.25, 0.3) is 10.9 Å². The number of hydrogen-bond donors (Lipinski definition) is 0. The van der Waals surface area contributed by atoms with E-state index in [1.807, 2.05) is 18.2 Å². The molecule has 1 aliphatic rings. The summed E-state index contributed by atoms with van der Waals surface area (Å²) >= 11 is 6.11. The van der Waals surface area contributed by atoms with E-state index in [2.05, 4.69) is 24.0 Å². The van der Waals surface area contributed by atoms with Gasteiger partial charge in [0.1, 0.15) is 29.5 Å². The number of para-hydroxylation sites is 1. The summed E-state index contributed by atoms with van der Waals surface area (Å²) in [6.07, 6.45) is 2.37. The Balaban J connectivity index is 1.61. The minimum atomic E-state index is -0.362. The van der Waals surface area contributed by atoms with Crippen molar-refractivity contribution in [2.75, 3.05) is 18.0 Å². The molecule has 3 aromatic rings. The lowest BCUT2D eigenvalue weighted by Crippen LogP contribution is -2.33. The third kappa shape index (κ3) is 3.86. The summed E-state index contributed by atoms with van der Waals surface area (Å²) in [6.45, 7) is 4.41. The van der Waals surface area contributed by atoms with Gasteiger partial charge < -0.3 is 9.64 Å². The summed E-state index contributed by atoms with van der Waals surface area (Å²) < 4.78 is 19.9. The van der Waals surface area contributed by atoms with Crippen LogP contribution in [0.15, 0.2) is 48.5 Å². The summed E-state index contributed by atoms with van der Waals surface area (Å²) in [6, 6.07) is 14.6. The van der Waals surface area contributed by atoms with Gasteiger partial charge in [0.2, 0.25) is 0 Å². The van der Waals surface area contributed by atoms with E-state index in [4.69, 9.17) is 21.3 Å². The van der Waals surface area contributed by atoms with Crippen molar-refractivity contribution in [1.82, 2.24) is 4.98 Å². The van der Waals surface area contributed by atoms with E-state index in [0.717, 1.165) is 35.7 Å². The number of pyridine rings is 1. The molecule has 0 unspecified atom stereocenters. The first-order valence-electron chi connectivity index (χ1n) is 9.32. The molecule has 0 amide bonds. The first kappa shape index (κ1) is 18.1. The fourth-order valence-corrected chi connectivity index (χ4v) is 3.68. The Kier molecular flexibility index (Phi) is 5.17. The van der Waals surface area contributed by atoms with E-state index in [0.29, 0.717) is 16.3 Å². The molecule has 4 rings (SSSR count). The Morgan fingerprint density at radius 3 is 2.67 bits per heavy atom. The Bertz CT molecular complexity index is 934. The average molecular weight is 385 g/mol. The van der Waals surface area contributed by atoms with Crippen molar-refractivity contribution >= 4 is 28.3 Å². The number of aromatic nitrogens is 1. The van der Waals surface area contributed by atoms with Crippen molar-refractivity contribution in [3.8, 4) is 5.75 Å². The summed E-state index contributed by atoms with van der Waals surface area (Å²) in [5.74, 6) is 2.01. The van der Waals surface area contributed by atoms with Crippen molar-refractivity contribution in [2.45, 2.75) is 26.4 Å². The topological polar surface area (TPSA) is 25.4 Å². The zero-order chi connectivity index (χ0) is 18.8. The van der Waals surface area contributed by atoms with Crippen LogP contribution in [0.3, 0.4) is 0 Å². The lowest BCUT2D eigenvalue weighted by atomic mass is 9.99. The number of piperidine rings is 1. The molecular weight excluding hydrogens is 363 g/mol. The van der Waals surface area contributed by atoms with Crippen LogP contribution in [-0.4, -0.2) is 18.1 Å². The smallest absolute Gasteiger partial charge is 0.146 e. The molecule has 1 saturated heterocycles. The Hall–Kier alpha value is -2.33. The van der Waals surface area contributed by atoms with Crippen molar-refractivity contribution < 1.29 is 9.13 Å². The zero-order valence-electron chi connectivity index (χ0n) is 15.3. The summed E-state index contributed by atoms with van der Waals surface area (Å²) in [5.41, 5.74) is 1.15. The van der Waals surface area contributed by atoms with E-state index in [9.17, 15) is 4.39 Å². The largest absolute Gasteiger partial charge is 0.486 e. The number of hydrogen-bond acceptors (Lipinski definition) is 3. The van der Waals surface area contributed by atoms with Crippen LogP contribution < -0.4 is 9.64 Å². The molecule has 1 aliphatic heterocycles. The highest BCUT2D eigenvalue weighted by Crippen LogP contribution is 2.30.